The topological polar surface area (TPSA) is 35.2 Å². The largest absolute Gasteiger partial charge is 0.455 e. The van der Waals surface area contributed by atoms with Crippen molar-refractivity contribution >= 4 is 0 Å². The molecule has 1 aromatic rings. The van der Waals surface area contributed by atoms with E-state index < -0.39 is 0 Å². The Morgan fingerprint density at radius 3 is 2.35 bits per heavy atom. The van der Waals surface area contributed by atoms with Gasteiger partial charge in [0.15, 0.2) is 0 Å². The molecule has 1 rings (SSSR count). The van der Waals surface area contributed by atoms with Crippen molar-refractivity contribution in [3.05, 3.63) is 66.6 Å². The monoisotopic (exact) mass is 231 g/mol. The molecule has 0 fully saturated rings. The van der Waals surface area contributed by atoms with E-state index in [1.54, 1.807) is 12.2 Å². The molecule has 0 saturated heterocycles. The van der Waals surface area contributed by atoms with Gasteiger partial charge < -0.3 is 10.5 Å². The van der Waals surface area contributed by atoms with Crippen LogP contribution in [0.15, 0.2) is 61.0 Å². The van der Waals surface area contributed by atoms with Gasteiger partial charge in [0.25, 0.3) is 0 Å². The first kappa shape index (κ1) is 15.0. The molecule has 0 radical (unpaired) electrons. The molecule has 0 aliphatic carbocycles. The summed E-state index contributed by atoms with van der Waals surface area (Å²) in [6, 6.07) is 7.72. The summed E-state index contributed by atoms with van der Waals surface area (Å²) in [6.07, 6.45) is 3.31. The molecule has 2 nitrogen and oxygen atoms in total. The smallest absolute Gasteiger partial charge is 0.149 e. The van der Waals surface area contributed by atoms with Gasteiger partial charge in [-0.15, -0.1) is 0 Å². The second-order valence-electron chi connectivity index (χ2n) is 3.16. The number of aryl methyl sites for hydroxylation is 1. The molecule has 0 saturated carbocycles. The quantitative estimate of drug-likeness (QED) is 0.629. The lowest BCUT2D eigenvalue weighted by Gasteiger charge is -2.11. The van der Waals surface area contributed by atoms with Gasteiger partial charge in [-0.3, -0.25) is 0 Å². The molecule has 0 unspecified atom stereocenters. The SMILES string of the molecule is C=C/C=C(/Oc1ccccc1C)C(=C)N.CC. The summed E-state index contributed by atoms with van der Waals surface area (Å²) in [5, 5.41) is 0. The van der Waals surface area contributed by atoms with Crippen LogP contribution in [0, 0.1) is 6.92 Å². The second-order valence-corrected chi connectivity index (χ2v) is 3.16. The van der Waals surface area contributed by atoms with Crippen LogP contribution in [0.1, 0.15) is 19.4 Å². The third-order valence-electron chi connectivity index (χ3n) is 1.90. The summed E-state index contributed by atoms with van der Waals surface area (Å²) < 4.78 is 5.61. The van der Waals surface area contributed by atoms with Crippen LogP contribution in [0.3, 0.4) is 0 Å². The molecule has 0 aromatic heterocycles. The predicted octanol–water partition coefficient (Wildman–Crippen LogP) is 3.94. The number of hydrogen-bond donors (Lipinski definition) is 1. The molecule has 0 aliphatic rings. The van der Waals surface area contributed by atoms with Crippen molar-refractivity contribution in [2.45, 2.75) is 20.8 Å². The van der Waals surface area contributed by atoms with Gasteiger partial charge in [-0.2, -0.15) is 0 Å². The van der Waals surface area contributed by atoms with E-state index in [2.05, 4.69) is 13.2 Å². The lowest BCUT2D eigenvalue weighted by molar-refractivity contribution is 0.432. The molecule has 17 heavy (non-hydrogen) atoms. The molecule has 1 aromatic carbocycles. The maximum absolute atomic E-state index is 5.61. The zero-order chi connectivity index (χ0) is 13.3. The number of ether oxygens (including phenoxy) is 1. The van der Waals surface area contributed by atoms with Crippen molar-refractivity contribution in [2.75, 3.05) is 0 Å². The minimum Gasteiger partial charge on any atom is -0.455 e. The Morgan fingerprint density at radius 1 is 1.29 bits per heavy atom. The highest BCUT2D eigenvalue weighted by atomic mass is 16.5. The number of hydrogen-bond acceptors (Lipinski definition) is 2. The van der Waals surface area contributed by atoms with E-state index in [1.165, 1.54) is 0 Å². The van der Waals surface area contributed by atoms with E-state index in [-0.39, 0.29) is 0 Å². The van der Waals surface area contributed by atoms with Gasteiger partial charge in [0.1, 0.15) is 11.5 Å². The zero-order valence-electron chi connectivity index (χ0n) is 10.9. The minimum absolute atomic E-state index is 0.387. The van der Waals surface area contributed by atoms with Crippen LogP contribution in [-0.2, 0) is 0 Å². The van der Waals surface area contributed by atoms with Gasteiger partial charge in [0.05, 0.1) is 5.70 Å². The van der Waals surface area contributed by atoms with Gasteiger partial charge in [0, 0.05) is 0 Å². The maximum Gasteiger partial charge on any atom is 0.149 e. The third-order valence-corrected chi connectivity index (χ3v) is 1.90. The van der Waals surface area contributed by atoms with E-state index in [1.807, 2.05) is 45.0 Å². The lowest BCUT2D eigenvalue weighted by atomic mass is 10.2. The summed E-state index contributed by atoms with van der Waals surface area (Å²) in [5.74, 6) is 1.30. The molecule has 0 aliphatic heterocycles. The molecule has 0 spiro atoms. The fourth-order valence-corrected chi connectivity index (χ4v) is 1.10. The summed E-state index contributed by atoms with van der Waals surface area (Å²) in [5.41, 5.74) is 7.02. The van der Waals surface area contributed by atoms with Gasteiger partial charge in [-0.05, 0) is 24.6 Å². The fourth-order valence-electron chi connectivity index (χ4n) is 1.10. The molecule has 0 heterocycles. The predicted molar refractivity (Wildman–Crippen MR) is 74.8 cm³/mol. The molecular formula is C15H21NO. The molecule has 0 amide bonds. The van der Waals surface area contributed by atoms with Crippen molar-refractivity contribution < 1.29 is 4.74 Å². The number of benzene rings is 1. The van der Waals surface area contributed by atoms with Crippen LogP contribution in [0.2, 0.25) is 0 Å². The fraction of sp³-hybridized carbons (Fsp3) is 0.200. The summed E-state index contributed by atoms with van der Waals surface area (Å²) in [4.78, 5) is 0. The maximum atomic E-state index is 5.61. The van der Waals surface area contributed by atoms with Gasteiger partial charge in [-0.25, -0.2) is 0 Å². The Hall–Kier alpha value is -1.96. The van der Waals surface area contributed by atoms with Gasteiger partial charge in [-0.1, -0.05) is 51.3 Å². The Morgan fingerprint density at radius 2 is 1.88 bits per heavy atom. The van der Waals surface area contributed by atoms with E-state index in [0.717, 1.165) is 11.3 Å². The Labute approximate surface area is 104 Å². The van der Waals surface area contributed by atoms with Crippen LogP contribution in [0.4, 0.5) is 0 Å². The highest BCUT2D eigenvalue weighted by molar-refractivity contribution is 5.36. The Bertz CT molecular complexity index is 405. The van der Waals surface area contributed by atoms with Gasteiger partial charge >= 0.3 is 0 Å². The average molecular weight is 231 g/mol. The van der Waals surface area contributed by atoms with Crippen molar-refractivity contribution in [3.63, 3.8) is 0 Å². The normalized spacial score (nSPS) is 9.94. The van der Waals surface area contributed by atoms with Crippen LogP contribution in [0.5, 0.6) is 5.75 Å². The molecule has 2 N–H and O–H groups in total. The lowest BCUT2D eigenvalue weighted by Crippen LogP contribution is -2.06. The molecular weight excluding hydrogens is 210 g/mol. The standard InChI is InChI=1S/C13H15NO.C2H6/c1-4-7-13(11(3)14)15-12-9-6-5-8-10(12)2;1-2/h4-9H,1,3,14H2,2H3;1-2H3/b13-7+;. The van der Waals surface area contributed by atoms with Crippen molar-refractivity contribution in [1.82, 2.24) is 0 Å². The number of rotatable bonds is 4. The summed E-state index contributed by atoms with van der Waals surface area (Å²) in [7, 11) is 0. The molecule has 2 heteroatoms. The van der Waals surface area contributed by atoms with Crippen LogP contribution in [-0.4, -0.2) is 0 Å². The van der Waals surface area contributed by atoms with Crippen molar-refractivity contribution in [1.29, 1.82) is 0 Å². The average Bonchev–Trinajstić information content (AvgIpc) is 2.33. The third kappa shape index (κ3) is 5.07. The molecule has 0 bridgehead atoms. The first-order valence-corrected chi connectivity index (χ1v) is 5.66. The van der Waals surface area contributed by atoms with E-state index in [4.69, 9.17) is 10.5 Å². The number of allylic oxidation sites excluding steroid dienone is 2. The highest BCUT2D eigenvalue weighted by Crippen LogP contribution is 2.20. The van der Waals surface area contributed by atoms with Crippen LogP contribution < -0.4 is 10.5 Å². The van der Waals surface area contributed by atoms with E-state index >= 15 is 0 Å². The summed E-state index contributed by atoms with van der Waals surface area (Å²) >= 11 is 0. The molecule has 0 atom stereocenters. The van der Waals surface area contributed by atoms with Gasteiger partial charge in [0.2, 0.25) is 0 Å². The number of nitrogens with two attached hydrogens (primary N) is 1. The van der Waals surface area contributed by atoms with Crippen LogP contribution in [0.25, 0.3) is 0 Å². The van der Waals surface area contributed by atoms with E-state index in [9.17, 15) is 0 Å². The molecule has 92 valence electrons. The first-order valence-electron chi connectivity index (χ1n) is 5.66. The van der Waals surface area contributed by atoms with Crippen LogP contribution >= 0.6 is 0 Å². The minimum atomic E-state index is 0.387. The highest BCUT2D eigenvalue weighted by Gasteiger charge is 2.03. The Kier molecular flexibility index (Phi) is 7.27. The first-order chi connectivity index (χ1) is 8.15. The van der Waals surface area contributed by atoms with Crippen molar-refractivity contribution in [3.8, 4) is 5.75 Å². The Balaban J connectivity index is 0.00000121. The number of para-hydroxylation sites is 1. The van der Waals surface area contributed by atoms with Crippen molar-refractivity contribution in [2.24, 2.45) is 5.73 Å². The zero-order valence-corrected chi connectivity index (χ0v) is 10.9. The summed E-state index contributed by atoms with van der Waals surface area (Å²) in [6.45, 7) is 13.2. The van der Waals surface area contributed by atoms with E-state index in [0.29, 0.717) is 11.5 Å². The second kappa shape index (κ2) is 8.22.